The van der Waals surface area contributed by atoms with Crippen LogP contribution in [0.15, 0.2) is 0 Å². The number of unbranched alkanes of at least 4 members (excludes halogenated alkanes) is 1. The Morgan fingerprint density at radius 3 is 2.31 bits per heavy atom. The molecule has 0 aliphatic heterocycles. The zero-order valence-corrected chi connectivity index (χ0v) is 8.01. The summed E-state index contributed by atoms with van der Waals surface area (Å²) in [5, 5.41) is 19.1. The molecule has 2 rings (SSSR count). The molecule has 0 aromatic carbocycles. The maximum atomic E-state index is 9.54. The predicted octanol–water partition coefficient (Wildman–Crippen LogP) is 1.82. The van der Waals surface area contributed by atoms with Crippen LogP contribution in [0.1, 0.15) is 24.0 Å². The molecule has 1 aliphatic rings. The normalized spacial score (nSPS) is 13.0. The second-order valence-corrected chi connectivity index (χ2v) is 3.71. The molecule has 0 spiro atoms. The Morgan fingerprint density at radius 2 is 1.77 bits per heavy atom. The third-order valence-electron chi connectivity index (χ3n) is 2.41. The fourth-order valence-electron chi connectivity index (χ4n) is 1.56. The molecule has 0 fully saturated rings. The Kier molecular flexibility index (Phi) is 2.12. The van der Waals surface area contributed by atoms with Crippen LogP contribution in [-0.4, -0.2) is 20.7 Å². The van der Waals surface area contributed by atoms with Gasteiger partial charge in [0.05, 0.1) is 0 Å². The van der Waals surface area contributed by atoms with Crippen LogP contribution in [-0.2, 0) is 13.0 Å². The molecular formula is C9H12ClNO2. The second-order valence-electron chi connectivity index (χ2n) is 3.33. The van der Waals surface area contributed by atoms with Crippen molar-refractivity contribution in [3.8, 4) is 11.8 Å². The van der Waals surface area contributed by atoms with E-state index < -0.39 is 0 Å². The monoisotopic (exact) mass is 201 g/mol. The lowest BCUT2D eigenvalue weighted by molar-refractivity contribution is 0.358. The first-order valence-corrected chi connectivity index (χ1v) is 4.97. The summed E-state index contributed by atoms with van der Waals surface area (Å²) >= 11 is 5.53. The van der Waals surface area contributed by atoms with Crippen molar-refractivity contribution in [2.75, 3.05) is 5.88 Å². The maximum absolute atomic E-state index is 9.54. The maximum Gasteiger partial charge on any atom is 0.197 e. The quantitative estimate of drug-likeness (QED) is 0.586. The average Bonchev–Trinajstić information content (AvgIpc) is 2.85. The number of fused-ring (bicyclic) bond motifs is 1. The third-order valence-corrected chi connectivity index (χ3v) is 2.68. The van der Waals surface area contributed by atoms with Gasteiger partial charge in [0.2, 0.25) is 0 Å². The highest BCUT2D eigenvalue weighted by atomic mass is 35.5. The fraction of sp³-hybridized carbons (Fsp3) is 0.556. The van der Waals surface area contributed by atoms with Crippen molar-refractivity contribution in [2.24, 2.45) is 0 Å². The van der Waals surface area contributed by atoms with Crippen LogP contribution in [0, 0.1) is 0 Å². The molecule has 2 N–H and O–H groups in total. The number of halogens is 1. The Balaban J connectivity index is 2.05. The molecule has 0 atom stereocenters. The Hall–Kier alpha value is -0.830. The summed E-state index contributed by atoms with van der Waals surface area (Å²) in [4.78, 5) is 0. The van der Waals surface area contributed by atoms with E-state index in [1.54, 1.807) is 4.57 Å². The minimum atomic E-state index is 0.238. The predicted molar refractivity (Wildman–Crippen MR) is 50.5 cm³/mol. The summed E-state index contributed by atoms with van der Waals surface area (Å²) in [7, 11) is 0. The molecule has 13 heavy (non-hydrogen) atoms. The molecule has 0 saturated carbocycles. The summed E-state index contributed by atoms with van der Waals surface area (Å²) in [5.41, 5.74) is 1.81. The smallest absolute Gasteiger partial charge is 0.197 e. The van der Waals surface area contributed by atoms with Crippen LogP contribution in [0.4, 0.5) is 0 Å². The third kappa shape index (κ3) is 1.37. The zero-order chi connectivity index (χ0) is 9.42. The van der Waals surface area contributed by atoms with Gasteiger partial charge in [0.25, 0.3) is 0 Å². The minimum Gasteiger partial charge on any atom is -0.494 e. The average molecular weight is 202 g/mol. The van der Waals surface area contributed by atoms with E-state index in [-0.39, 0.29) is 11.8 Å². The molecule has 0 unspecified atom stereocenters. The number of nitrogens with zero attached hydrogens (tertiary/aromatic N) is 1. The van der Waals surface area contributed by atoms with Crippen LogP contribution in [0.3, 0.4) is 0 Å². The Labute approximate surface area is 81.6 Å². The van der Waals surface area contributed by atoms with E-state index in [2.05, 4.69) is 0 Å². The number of hydrogen-bond acceptors (Lipinski definition) is 2. The lowest BCUT2D eigenvalue weighted by Gasteiger charge is -2.07. The molecule has 0 bridgehead atoms. The van der Waals surface area contributed by atoms with Crippen LogP contribution in [0.5, 0.6) is 11.8 Å². The van der Waals surface area contributed by atoms with Crippen molar-refractivity contribution < 1.29 is 10.2 Å². The van der Waals surface area contributed by atoms with Crippen molar-refractivity contribution in [1.29, 1.82) is 0 Å². The molecule has 0 radical (unpaired) electrons. The van der Waals surface area contributed by atoms with E-state index in [9.17, 15) is 10.2 Å². The van der Waals surface area contributed by atoms with Crippen LogP contribution in [0.2, 0.25) is 0 Å². The van der Waals surface area contributed by atoms with Crippen molar-refractivity contribution in [2.45, 2.75) is 25.8 Å². The van der Waals surface area contributed by atoms with Crippen LogP contribution >= 0.6 is 11.6 Å². The molecular weight excluding hydrogens is 190 g/mol. The summed E-state index contributed by atoms with van der Waals surface area (Å²) in [6.45, 7) is 0.650. The summed E-state index contributed by atoms with van der Waals surface area (Å²) in [6, 6.07) is 0. The van der Waals surface area contributed by atoms with Crippen LogP contribution < -0.4 is 0 Å². The summed E-state index contributed by atoms with van der Waals surface area (Å²) in [6.07, 6.45) is 2.55. The largest absolute Gasteiger partial charge is 0.494 e. The van der Waals surface area contributed by atoms with E-state index in [4.69, 9.17) is 11.6 Å². The first kappa shape index (κ1) is 8.75. The highest BCUT2D eigenvalue weighted by Gasteiger charge is 2.32. The van der Waals surface area contributed by atoms with Gasteiger partial charge in [-0.15, -0.1) is 11.6 Å². The lowest BCUT2D eigenvalue weighted by Crippen LogP contribution is -1.98. The van der Waals surface area contributed by atoms with Gasteiger partial charge in [-0.1, -0.05) is 0 Å². The first-order valence-electron chi connectivity index (χ1n) is 4.44. The Bertz CT molecular complexity index is 307. The molecule has 0 amide bonds. The van der Waals surface area contributed by atoms with Gasteiger partial charge in [-0.2, -0.15) is 0 Å². The topological polar surface area (TPSA) is 45.4 Å². The van der Waals surface area contributed by atoms with E-state index in [0.29, 0.717) is 12.4 Å². The molecule has 72 valence electrons. The highest BCUT2D eigenvalue weighted by Crippen LogP contribution is 2.46. The molecule has 1 heterocycles. The SMILES string of the molecule is Oc1c2c(c(O)n1CCCCCl)C2. The highest BCUT2D eigenvalue weighted by molar-refractivity contribution is 6.17. The number of alkyl halides is 1. The van der Waals surface area contributed by atoms with Crippen molar-refractivity contribution in [3.05, 3.63) is 11.1 Å². The zero-order valence-electron chi connectivity index (χ0n) is 7.26. The van der Waals surface area contributed by atoms with E-state index in [0.717, 1.165) is 30.4 Å². The van der Waals surface area contributed by atoms with Gasteiger partial charge in [-0.05, 0) is 12.8 Å². The minimum absolute atomic E-state index is 0.238. The van der Waals surface area contributed by atoms with E-state index in [1.807, 2.05) is 0 Å². The van der Waals surface area contributed by atoms with Gasteiger partial charge in [0, 0.05) is 30.0 Å². The van der Waals surface area contributed by atoms with Gasteiger partial charge < -0.3 is 10.2 Å². The number of hydrogen-bond donors (Lipinski definition) is 2. The molecule has 1 aromatic rings. The van der Waals surface area contributed by atoms with Gasteiger partial charge >= 0.3 is 0 Å². The molecule has 3 nitrogen and oxygen atoms in total. The number of rotatable bonds is 4. The van der Waals surface area contributed by atoms with Crippen molar-refractivity contribution in [1.82, 2.24) is 4.57 Å². The fourth-order valence-corrected chi connectivity index (χ4v) is 1.75. The van der Waals surface area contributed by atoms with E-state index >= 15 is 0 Å². The lowest BCUT2D eigenvalue weighted by atomic mass is 10.3. The standard InChI is InChI=1S/C9H12ClNO2/c10-3-1-2-4-11-8(12)6-5-7(6)9(11)13/h12-13H,1-5H2. The van der Waals surface area contributed by atoms with Gasteiger partial charge in [0.1, 0.15) is 0 Å². The molecule has 0 saturated heterocycles. The molecule has 1 aromatic heterocycles. The summed E-state index contributed by atoms with van der Waals surface area (Å²) < 4.78 is 1.56. The van der Waals surface area contributed by atoms with Crippen molar-refractivity contribution >= 4 is 11.6 Å². The summed E-state index contributed by atoms with van der Waals surface area (Å²) in [5.74, 6) is 1.10. The second kappa shape index (κ2) is 3.14. The van der Waals surface area contributed by atoms with E-state index in [1.165, 1.54) is 0 Å². The van der Waals surface area contributed by atoms with Crippen molar-refractivity contribution in [3.63, 3.8) is 0 Å². The Morgan fingerprint density at radius 1 is 1.15 bits per heavy atom. The van der Waals surface area contributed by atoms with Gasteiger partial charge in [0.15, 0.2) is 11.8 Å². The van der Waals surface area contributed by atoms with Crippen LogP contribution in [0.25, 0.3) is 0 Å². The number of aromatic nitrogens is 1. The first-order chi connectivity index (χ1) is 6.25. The molecule has 4 heteroatoms. The molecule has 1 aliphatic carbocycles. The van der Waals surface area contributed by atoms with Gasteiger partial charge in [-0.25, -0.2) is 0 Å². The van der Waals surface area contributed by atoms with Gasteiger partial charge in [-0.3, -0.25) is 4.57 Å². The number of aromatic hydroxyl groups is 2.